The highest BCUT2D eigenvalue weighted by atomic mass is 16.1. The zero-order valence-electron chi connectivity index (χ0n) is 15.7. The summed E-state index contributed by atoms with van der Waals surface area (Å²) in [6.45, 7) is 1.58. The van der Waals surface area contributed by atoms with Crippen LogP contribution in [0, 0.1) is 0 Å². The number of carbonyl (C=O) groups excluding carboxylic acids is 1. The van der Waals surface area contributed by atoms with Crippen LogP contribution >= 0.6 is 0 Å². The molecule has 0 unspecified atom stereocenters. The second kappa shape index (κ2) is 8.65. The van der Waals surface area contributed by atoms with Crippen LogP contribution in [0.1, 0.15) is 23.1 Å². The fourth-order valence-corrected chi connectivity index (χ4v) is 3.64. The SMILES string of the molecule is CN(CCC(C(N)=O)(c1ccccc1)c1ccccc1)Cc1ccccc1. The van der Waals surface area contributed by atoms with E-state index < -0.39 is 5.41 Å². The number of hydrogen-bond donors (Lipinski definition) is 1. The molecule has 0 saturated carbocycles. The number of carbonyl (C=O) groups is 1. The first-order valence-corrected chi connectivity index (χ1v) is 9.26. The monoisotopic (exact) mass is 358 g/mol. The molecule has 0 atom stereocenters. The Balaban J connectivity index is 1.89. The molecule has 138 valence electrons. The number of nitrogens with zero attached hydrogens (tertiary/aromatic N) is 1. The molecule has 0 aliphatic heterocycles. The van der Waals surface area contributed by atoms with Gasteiger partial charge in [-0.15, -0.1) is 0 Å². The predicted molar refractivity (Wildman–Crippen MR) is 110 cm³/mol. The van der Waals surface area contributed by atoms with Gasteiger partial charge in [0.15, 0.2) is 0 Å². The highest BCUT2D eigenvalue weighted by Crippen LogP contribution is 2.35. The van der Waals surface area contributed by atoms with E-state index in [1.54, 1.807) is 0 Å². The van der Waals surface area contributed by atoms with Crippen molar-refractivity contribution in [2.75, 3.05) is 13.6 Å². The molecule has 3 heteroatoms. The van der Waals surface area contributed by atoms with Gasteiger partial charge in [0.1, 0.15) is 0 Å². The number of benzene rings is 3. The van der Waals surface area contributed by atoms with Crippen LogP contribution in [0.5, 0.6) is 0 Å². The average Bonchev–Trinajstić information content (AvgIpc) is 2.71. The summed E-state index contributed by atoms with van der Waals surface area (Å²) in [5, 5.41) is 0. The summed E-state index contributed by atoms with van der Waals surface area (Å²) in [7, 11) is 2.08. The van der Waals surface area contributed by atoms with Crippen LogP contribution in [0.2, 0.25) is 0 Å². The Bertz CT molecular complexity index is 808. The van der Waals surface area contributed by atoms with Gasteiger partial charge in [0, 0.05) is 6.54 Å². The second-order valence-corrected chi connectivity index (χ2v) is 6.98. The maximum Gasteiger partial charge on any atom is 0.232 e. The molecule has 3 rings (SSSR count). The molecule has 0 saturated heterocycles. The molecule has 0 bridgehead atoms. The van der Waals surface area contributed by atoms with Crippen molar-refractivity contribution in [2.45, 2.75) is 18.4 Å². The first-order chi connectivity index (χ1) is 13.1. The largest absolute Gasteiger partial charge is 0.369 e. The lowest BCUT2D eigenvalue weighted by atomic mass is 9.71. The lowest BCUT2D eigenvalue weighted by Gasteiger charge is -2.33. The number of hydrogen-bond acceptors (Lipinski definition) is 2. The Kier molecular flexibility index (Phi) is 6.05. The van der Waals surface area contributed by atoms with Gasteiger partial charge in [-0.2, -0.15) is 0 Å². The maximum atomic E-state index is 12.8. The molecule has 1 amide bonds. The minimum absolute atomic E-state index is 0.312. The summed E-state index contributed by atoms with van der Waals surface area (Å²) in [5.74, 6) is -0.312. The lowest BCUT2D eigenvalue weighted by molar-refractivity contribution is -0.122. The number of amides is 1. The Labute approximate surface area is 161 Å². The quantitative estimate of drug-likeness (QED) is 0.662. The third-order valence-corrected chi connectivity index (χ3v) is 5.12. The van der Waals surface area contributed by atoms with Crippen molar-refractivity contribution in [3.63, 3.8) is 0 Å². The van der Waals surface area contributed by atoms with Gasteiger partial charge in [-0.25, -0.2) is 0 Å². The topological polar surface area (TPSA) is 46.3 Å². The van der Waals surface area contributed by atoms with E-state index in [1.807, 2.05) is 78.9 Å². The van der Waals surface area contributed by atoms with Crippen LogP contribution in [-0.4, -0.2) is 24.4 Å². The third-order valence-electron chi connectivity index (χ3n) is 5.12. The standard InChI is InChI=1S/C24H26N2O/c1-26(19-20-11-5-2-6-12-20)18-17-24(23(25)27,21-13-7-3-8-14-21)22-15-9-4-10-16-22/h2-16H,17-19H2,1H3,(H2,25,27). The van der Waals surface area contributed by atoms with E-state index in [-0.39, 0.29) is 5.91 Å². The van der Waals surface area contributed by atoms with Gasteiger partial charge in [0.2, 0.25) is 5.91 Å². The molecule has 3 nitrogen and oxygen atoms in total. The molecule has 27 heavy (non-hydrogen) atoms. The van der Waals surface area contributed by atoms with Crippen LogP contribution in [0.25, 0.3) is 0 Å². The summed E-state index contributed by atoms with van der Waals surface area (Å²) in [6.07, 6.45) is 0.625. The van der Waals surface area contributed by atoms with Crippen LogP contribution < -0.4 is 5.73 Å². The van der Waals surface area contributed by atoms with Gasteiger partial charge < -0.3 is 10.6 Å². The molecule has 0 aliphatic carbocycles. The van der Waals surface area contributed by atoms with Crippen molar-refractivity contribution in [2.24, 2.45) is 5.73 Å². The van der Waals surface area contributed by atoms with Crippen LogP contribution in [0.3, 0.4) is 0 Å². The molecule has 0 spiro atoms. The Hall–Kier alpha value is -2.91. The van der Waals surface area contributed by atoms with Gasteiger partial charge in [0.25, 0.3) is 0 Å². The molecule has 3 aromatic rings. The summed E-state index contributed by atoms with van der Waals surface area (Å²) < 4.78 is 0. The number of nitrogens with two attached hydrogens (primary N) is 1. The summed E-state index contributed by atoms with van der Waals surface area (Å²) in [5.41, 5.74) is 8.31. The molecule has 0 heterocycles. The minimum atomic E-state index is -0.840. The van der Waals surface area contributed by atoms with E-state index in [9.17, 15) is 4.79 Å². The van der Waals surface area contributed by atoms with E-state index in [0.717, 1.165) is 24.2 Å². The second-order valence-electron chi connectivity index (χ2n) is 6.98. The van der Waals surface area contributed by atoms with Crippen molar-refractivity contribution in [3.8, 4) is 0 Å². The van der Waals surface area contributed by atoms with Gasteiger partial charge in [-0.1, -0.05) is 91.0 Å². The number of rotatable bonds is 8. The highest BCUT2D eigenvalue weighted by molar-refractivity contribution is 5.90. The van der Waals surface area contributed by atoms with Gasteiger partial charge >= 0.3 is 0 Å². The van der Waals surface area contributed by atoms with Crippen LogP contribution in [0.4, 0.5) is 0 Å². The van der Waals surface area contributed by atoms with Crippen LogP contribution in [0.15, 0.2) is 91.0 Å². The van der Waals surface area contributed by atoms with E-state index >= 15 is 0 Å². The molecule has 0 radical (unpaired) electrons. The molecular weight excluding hydrogens is 332 g/mol. The van der Waals surface area contributed by atoms with E-state index in [0.29, 0.717) is 6.42 Å². The van der Waals surface area contributed by atoms with Crippen molar-refractivity contribution >= 4 is 5.91 Å². The van der Waals surface area contributed by atoms with Gasteiger partial charge in [0.05, 0.1) is 5.41 Å². The zero-order valence-corrected chi connectivity index (χ0v) is 15.7. The first kappa shape index (κ1) is 18.9. The van der Waals surface area contributed by atoms with E-state index in [2.05, 4.69) is 24.1 Å². The lowest BCUT2D eigenvalue weighted by Crippen LogP contribution is -2.44. The Morgan fingerprint density at radius 3 is 1.70 bits per heavy atom. The van der Waals surface area contributed by atoms with Crippen molar-refractivity contribution in [1.29, 1.82) is 0 Å². The molecule has 2 N–H and O–H groups in total. The Morgan fingerprint density at radius 1 is 0.815 bits per heavy atom. The molecule has 0 fully saturated rings. The number of primary amides is 1. The average molecular weight is 358 g/mol. The van der Waals surface area contributed by atoms with Crippen LogP contribution in [-0.2, 0) is 16.8 Å². The summed E-state index contributed by atoms with van der Waals surface area (Å²) in [4.78, 5) is 15.0. The van der Waals surface area contributed by atoms with Gasteiger partial charge in [-0.05, 0) is 36.7 Å². The predicted octanol–water partition coefficient (Wildman–Crippen LogP) is 3.98. The normalized spacial score (nSPS) is 11.5. The smallest absolute Gasteiger partial charge is 0.232 e. The van der Waals surface area contributed by atoms with E-state index in [4.69, 9.17) is 5.73 Å². The molecule has 3 aromatic carbocycles. The minimum Gasteiger partial charge on any atom is -0.369 e. The van der Waals surface area contributed by atoms with Crippen molar-refractivity contribution < 1.29 is 4.79 Å². The zero-order chi connectivity index (χ0) is 19.1. The Morgan fingerprint density at radius 2 is 1.26 bits per heavy atom. The molecule has 0 aromatic heterocycles. The third kappa shape index (κ3) is 4.26. The highest BCUT2D eigenvalue weighted by Gasteiger charge is 2.40. The molecular formula is C24H26N2O. The van der Waals surface area contributed by atoms with Crippen molar-refractivity contribution in [3.05, 3.63) is 108 Å². The fourth-order valence-electron chi connectivity index (χ4n) is 3.64. The first-order valence-electron chi connectivity index (χ1n) is 9.26. The summed E-state index contributed by atoms with van der Waals surface area (Å²) in [6, 6.07) is 30.1. The fraction of sp³-hybridized carbons (Fsp3) is 0.208. The summed E-state index contributed by atoms with van der Waals surface area (Å²) >= 11 is 0. The maximum absolute atomic E-state index is 12.8. The van der Waals surface area contributed by atoms with Crippen molar-refractivity contribution in [1.82, 2.24) is 4.90 Å². The van der Waals surface area contributed by atoms with Gasteiger partial charge in [-0.3, -0.25) is 4.79 Å². The van der Waals surface area contributed by atoms with E-state index in [1.165, 1.54) is 5.56 Å². The molecule has 0 aliphatic rings.